The monoisotopic (exact) mass is 434 g/mol. The highest BCUT2D eigenvalue weighted by Gasteiger charge is 2.28. The van der Waals surface area contributed by atoms with Gasteiger partial charge in [-0.1, -0.05) is 0 Å². The van der Waals surface area contributed by atoms with Crippen molar-refractivity contribution >= 4 is 34.4 Å². The van der Waals surface area contributed by atoms with Gasteiger partial charge >= 0.3 is 6.09 Å². The summed E-state index contributed by atoms with van der Waals surface area (Å²) in [6.07, 6.45) is 1.45. The van der Waals surface area contributed by atoms with E-state index < -0.39 is 5.60 Å². The van der Waals surface area contributed by atoms with Gasteiger partial charge in [0.25, 0.3) is 0 Å². The fourth-order valence-corrected chi connectivity index (χ4v) is 3.33. The van der Waals surface area contributed by atoms with E-state index in [1.807, 2.05) is 33.9 Å². The highest BCUT2D eigenvalue weighted by atomic mass is 127. The molecule has 0 radical (unpaired) electrons. The Hall–Kier alpha value is -1.05. The van der Waals surface area contributed by atoms with E-state index in [9.17, 15) is 9.18 Å². The van der Waals surface area contributed by atoms with Crippen LogP contribution >= 0.6 is 22.6 Å². The van der Waals surface area contributed by atoms with E-state index in [2.05, 4.69) is 27.5 Å². The molecule has 0 spiro atoms. The SMILES string of the molecule is CN(c1cc(F)cc(I)c1)C1CCN(C(=O)OC(C)(C)C)CC1. The molecule has 2 rings (SSSR count). The minimum Gasteiger partial charge on any atom is -0.444 e. The quantitative estimate of drug-likeness (QED) is 0.653. The first-order valence-corrected chi connectivity index (χ1v) is 8.90. The van der Waals surface area contributed by atoms with E-state index in [0.717, 1.165) is 22.1 Å². The molecule has 0 atom stereocenters. The largest absolute Gasteiger partial charge is 0.444 e. The topological polar surface area (TPSA) is 32.8 Å². The Kier molecular flexibility index (Phi) is 5.75. The summed E-state index contributed by atoms with van der Waals surface area (Å²) in [6, 6.07) is 5.35. The Morgan fingerprint density at radius 2 is 1.91 bits per heavy atom. The maximum absolute atomic E-state index is 13.6. The van der Waals surface area contributed by atoms with Crippen molar-refractivity contribution in [2.75, 3.05) is 25.0 Å². The molecule has 23 heavy (non-hydrogen) atoms. The van der Waals surface area contributed by atoms with Gasteiger partial charge in [-0.3, -0.25) is 0 Å². The maximum atomic E-state index is 13.6. The van der Waals surface area contributed by atoms with Crippen LogP contribution in [0.1, 0.15) is 33.6 Å². The predicted octanol–water partition coefficient (Wildman–Crippen LogP) is 4.27. The van der Waals surface area contributed by atoms with Crippen molar-refractivity contribution < 1.29 is 13.9 Å². The van der Waals surface area contributed by atoms with Gasteiger partial charge in [-0.05, 0) is 74.4 Å². The van der Waals surface area contributed by atoms with Crippen LogP contribution in [0.3, 0.4) is 0 Å². The van der Waals surface area contributed by atoms with Crippen LogP contribution in [-0.4, -0.2) is 42.8 Å². The first kappa shape index (κ1) is 18.3. The third-order valence-corrected chi connectivity index (χ3v) is 4.54. The Bertz CT molecular complexity index is 546. The molecule has 1 aromatic rings. The number of ether oxygens (including phenoxy) is 1. The number of amides is 1. The molecule has 4 nitrogen and oxygen atoms in total. The highest BCUT2D eigenvalue weighted by Crippen LogP contribution is 2.25. The molecule has 1 fully saturated rings. The molecule has 0 saturated carbocycles. The van der Waals surface area contributed by atoms with Gasteiger partial charge in [0.05, 0.1) is 0 Å². The Balaban J connectivity index is 1.94. The van der Waals surface area contributed by atoms with Crippen molar-refractivity contribution in [3.63, 3.8) is 0 Å². The lowest BCUT2D eigenvalue weighted by Crippen LogP contribution is -2.47. The lowest BCUT2D eigenvalue weighted by atomic mass is 10.0. The van der Waals surface area contributed by atoms with Crippen LogP contribution in [0.25, 0.3) is 0 Å². The molecular weight excluding hydrogens is 410 g/mol. The molecule has 1 saturated heterocycles. The Morgan fingerprint density at radius 3 is 2.43 bits per heavy atom. The van der Waals surface area contributed by atoms with Gasteiger partial charge in [-0.25, -0.2) is 9.18 Å². The zero-order chi connectivity index (χ0) is 17.2. The molecule has 1 amide bonds. The number of benzene rings is 1. The van der Waals surface area contributed by atoms with E-state index in [4.69, 9.17) is 4.74 Å². The fraction of sp³-hybridized carbons (Fsp3) is 0.588. The standard InChI is InChI=1S/C17H24FIN2O2/c1-17(2,3)23-16(22)21-7-5-14(6-8-21)20(4)15-10-12(18)9-13(19)11-15/h9-11,14H,5-8H2,1-4H3. The number of halogens is 2. The first-order valence-electron chi connectivity index (χ1n) is 7.82. The summed E-state index contributed by atoms with van der Waals surface area (Å²) in [5, 5.41) is 0. The van der Waals surface area contributed by atoms with Crippen LogP contribution in [0, 0.1) is 9.39 Å². The summed E-state index contributed by atoms with van der Waals surface area (Å²) >= 11 is 2.12. The molecule has 0 aromatic heterocycles. The average molecular weight is 434 g/mol. The van der Waals surface area contributed by atoms with Crippen molar-refractivity contribution in [2.45, 2.75) is 45.3 Å². The number of anilines is 1. The summed E-state index contributed by atoms with van der Waals surface area (Å²) in [4.78, 5) is 16.0. The smallest absolute Gasteiger partial charge is 0.410 e. The van der Waals surface area contributed by atoms with Gasteiger partial charge in [0.15, 0.2) is 0 Å². The van der Waals surface area contributed by atoms with Crippen LogP contribution in [-0.2, 0) is 4.74 Å². The molecule has 0 unspecified atom stereocenters. The molecule has 128 valence electrons. The van der Waals surface area contributed by atoms with Gasteiger partial charge in [0.1, 0.15) is 11.4 Å². The van der Waals surface area contributed by atoms with E-state index in [1.54, 1.807) is 11.0 Å². The summed E-state index contributed by atoms with van der Waals surface area (Å²) in [5.74, 6) is -0.218. The molecule has 0 bridgehead atoms. The number of carbonyl (C=O) groups is 1. The van der Waals surface area contributed by atoms with Crippen LogP contribution < -0.4 is 4.90 Å². The van der Waals surface area contributed by atoms with E-state index in [-0.39, 0.29) is 11.9 Å². The predicted molar refractivity (Wildman–Crippen MR) is 98.3 cm³/mol. The van der Waals surface area contributed by atoms with Gasteiger partial charge in [-0.2, -0.15) is 0 Å². The summed E-state index contributed by atoms with van der Waals surface area (Å²) in [7, 11) is 1.98. The van der Waals surface area contributed by atoms with Gasteiger partial charge in [0.2, 0.25) is 0 Å². The normalized spacial score (nSPS) is 16.3. The van der Waals surface area contributed by atoms with E-state index >= 15 is 0 Å². The second-order valence-electron chi connectivity index (χ2n) is 6.94. The lowest BCUT2D eigenvalue weighted by molar-refractivity contribution is 0.0205. The number of piperidine rings is 1. The number of hydrogen-bond donors (Lipinski definition) is 0. The molecule has 1 aromatic carbocycles. The summed E-state index contributed by atoms with van der Waals surface area (Å²) in [6.45, 7) is 6.94. The molecule has 0 N–H and O–H groups in total. The number of likely N-dealkylation sites (tertiary alicyclic amines) is 1. The number of carbonyl (C=O) groups excluding carboxylic acids is 1. The minimum atomic E-state index is -0.469. The van der Waals surface area contributed by atoms with Crippen LogP contribution in [0.15, 0.2) is 18.2 Å². The van der Waals surface area contributed by atoms with Crippen LogP contribution in [0.2, 0.25) is 0 Å². The number of rotatable bonds is 2. The molecule has 1 aliphatic heterocycles. The second kappa shape index (κ2) is 7.23. The fourth-order valence-electron chi connectivity index (χ4n) is 2.72. The molecule has 1 aliphatic rings. The van der Waals surface area contributed by atoms with Crippen molar-refractivity contribution in [1.29, 1.82) is 0 Å². The van der Waals surface area contributed by atoms with Gasteiger partial charge in [-0.15, -0.1) is 0 Å². The Morgan fingerprint density at radius 1 is 1.30 bits per heavy atom. The zero-order valence-corrected chi connectivity index (χ0v) is 16.3. The molecule has 6 heteroatoms. The van der Waals surface area contributed by atoms with Gasteiger partial charge in [0, 0.05) is 35.4 Å². The van der Waals surface area contributed by atoms with Crippen LogP contribution in [0.4, 0.5) is 14.9 Å². The number of hydrogen-bond acceptors (Lipinski definition) is 3. The minimum absolute atomic E-state index is 0.218. The van der Waals surface area contributed by atoms with Crippen molar-refractivity contribution in [2.24, 2.45) is 0 Å². The second-order valence-corrected chi connectivity index (χ2v) is 8.18. The van der Waals surface area contributed by atoms with Crippen LogP contribution in [0.5, 0.6) is 0 Å². The highest BCUT2D eigenvalue weighted by molar-refractivity contribution is 14.1. The van der Waals surface area contributed by atoms with E-state index in [0.29, 0.717) is 19.1 Å². The van der Waals surface area contributed by atoms with E-state index in [1.165, 1.54) is 6.07 Å². The number of nitrogens with zero attached hydrogens (tertiary/aromatic N) is 2. The summed E-state index contributed by atoms with van der Waals surface area (Å²) in [5.41, 5.74) is 0.410. The maximum Gasteiger partial charge on any atom is 0.410 e. The zero-order valence-electron chi connectivity index (χ0n) is 14.1. The molecule has 1 heterocycles. The summed E-state index contributed by atoms with van der Waals surface area (Å²) < 4.78 is 19.9. The van der Waals surface area contributed by atoms with Gasteiger partial charge < -0.3 is 14.5 Å². The third-order valence-electron chi connectivity index (χ3n) is 3.92. The van der Waals surface area contributed by atoms with Crippen molar-refractivity contribution in [3.05, 3.63) is 27.6 Å². The first-order chi connectivity index (χ1) is 10.7. The third kappa shape index (κ3) is 5.22. The average Bonchev–Trinajstić information content (AvgIpc) is 2.44. The molecule has 0 aliphatic carbocycles. The van der Waals surface area contributed by atoms with Crippen molar-refractivity contribution in [3.8, 4) is 0 Å². The Labute approximate surface area is 151 Å². The lowest BCUT2D eigenvalue weighted by Gasteiger charge is -2.38. The molecular formula is C17H24FIN2O2. The van der Waals surface area contributed by atoms with Crippen molar-refractivity contribution in [1.82, 2.24) is 4.90 Å².